The van der Waals surface area contributed by atoms with E-state index in [0.29, 0.717) is 16.3 Å². The zero-order valence-electron chi connectivity index (χ0n) is 10.6. The highest BCUT2D eigenvalue weighted by Gasteiger charge is 2.34. The smallest absolute Gasteiger partial charge is 0.253 e. The number of fused-ring (bicyclic) bond motifs is 1. The lowest BCUT2D eigenvalue weighted by atomic mass is 10.1. The summed E-state index contributed by atoms with van der Waals surface area (Å²) in [6.07, 6.45) is -0.0268. The average molecular weight is 296 g/mol. The molecule has 2 aliphatic heterocycles. The fraction of sp³-hybridized carbons (Fsp3) is 0.357. The molecule has 0 bridgehead atoms. The Balaban J connectivity index is 1.83. The van der Waals surface area contributed by atoms with Gasteiger partial charge in [-0.25, -0.2) is 0 Å². The van der Waals surface area contributed by atoms with Crippen LogP contribution in [0.15, 0.2) is 23.8 Å². The van der Waals surface area contributed by atoms with Gasteiger partial charge in [0.25, 0.3) is 5.91 Å². The fourth-order valence-corrected chi connectivity index (χ4v) is 2.59. The summed E-state index contributed by atoms with van der Waals surface area (Å²) in [6, 6.07) is 5.23. The first-order chi connectivity index (χ1) is 9.54. The highest BCUT2D eigenvalue weighted by atomic mass is 35.5. The molecule has 1 aromatic carbocycles. The summed E-state index contributed by atoms with van der Waals surface area (Å²) < 4.78 is 5.53. The number of benzene rings is 1. The van der Waals surface area contributed by atoms with Crippen LogP contribution >= 0.6 is 11.6 Å². The van der Waals surface area contributed by atoms with E-state index in [1.54, 1.807) is 24.3 Å². The highest BCUT2D eigenvalue weighted by molar-refractivity contribution is 6.30. The maximum Gasteiger partial charge on any atom is 0.253 e. The van der Waals surface area contributed by atoms with Gasteiger partial charge in [0.2, 0.25) is 0 Å². The molecule has 1 aromatic rings. The molecular formula is C14H14ClNO4. The molecule has 0 aliphatic carbocycles. The van der Waals surface area contributed by atoms with Crippen molar-refractivity contribution in [2.45, 2.75) is 12.2 Å². The highest BCUT2D eigenvalue weighted by Crippen LogP contribution is 2.29. The zero-order valence-corrected chi connectivity index (χ0v) is 11.4. The molecule has 2 aliphatic rings. The van der Waals surface area contributed by atoms with Crippen LogP contribution in [0, 0.1) is 0 Å². The van der Waals surface area contributed by atoms with Crippen molar-refractivity contribution in [3.8, 4) is 5.75 Å². The minimum absolute atomic E-state index is 0.139. The first-order valence-electron chi connectivity index (χ1n) is 6.33. The number of hydrogen-bond donors (Lipinski definition) is 2. The zero-order chi connectivity index (χ0) is 14.3. The van der Waals surface area contributed by atoms with Gasteiger partial charge in [-0.2, -0.15) is 0 Å². The summed E-state index contributed by atoms with van der Waals surface area (Å²) in [7, 11) is 0. The quantitative estimate of drug-likeness (QED) is 0.799. The second-order valence-corrected chi connectivity index (χ2v) is 5.42. The van der Waals surface area contributed by atoms with Gasteiger partial charge >= 0.3 is 0 Å². The number of halogens is 1. The van der Waals surface area contributed by atoms with E-state index in [9.17, 15) is 15.0 Å². The lowest BCUT2D eigenvalue weighted by Crippen LogP contribution is -2.33. The predicted molar refractivity (Wildman–Crippen MR) is 73.5 cm³/mol. The molecule has 1 saturated heterocycles. The summed E-state index contributed by atoms with van der Waals surface area (Å²) in [5, 5.41) is 19.6. The van der Waals surface area contributed by atoms with Crippen molar-refractivity contribution in [1.82, 2.24) is 4.90 Å². The summed E-state index contributed by atoms with van der Waals surface area (Å²) in [4.78, 5) is 13.7. The molecular weight excluding hydrogens is 282 g/mol. The van der Waals surface area contributed by atoms with Gasteiger partial charge in [0.1, 0.15) is 12.4 Å². The van der Waals surface area contributed by atoms with Crippen LogP contribution in [0.4, 0.5) is 0 Å². The Labute approximate surface area is 121 Å². The van der Waals surface area contributed by atoms with E-state index >= 15 is 0 Å². The monoisotopic (exact) mass is 295 g/mol. The second-order valence-electron chi connectivity index (χ2n) is 4.99. The molecule has 0 aromatic heterocycles. The van der Waals surface area contributed by atoms with Gasteiger partial charge in [-0.3, -0.25) is 4.79 Å². The average Bonchev–Trinajstić information content (AvgIpc) is 2.77. The molecule has 0 saturated carbocycles. The van der Waals surface area contributed by atoms with Gasteiger partial charge in [-0.05, 0) is 24.3 Å². The van der Waals surface area contributed by atoms with E-state index in [-0.39, 0.29) is 25.6 Å². The molecule has 1 amide bonds. The Morgan fingerprint density at radius 3 is 2.70 bits per heavy atom. The number of ether oxygens (including phenoxy) is 1. The molecule has 2 atom stereocenters. The number of likely N-dealkylation sites (tertiary alicyclic amines) is 1. The molecule has 20 heavy (non-hydrogen) atoms. The number of carbonyl (C=O) groups is 1. The van der Waals surface area contributed by atoms with Gasteiger partial charge in [0.05, 0.1) is 17.8 Å². The normalized spacial score (nSPS) is 24.9. The first-order valence-corrected chi connectivity index (χ1v) is 6.71. The van der Waals surface area contributed by atoms with Crippen LogP contribution in [0.2, 0.25) is 5.02 Å². The van der Waals surface area contributed by atoms with Crippen LogP contribution < -0.4 is 4.74 Å². The predicted octanol–water partition coefficient (Wildman–Crippen LogP) is 0.680. The molecule has 106 valence electrons. The Bertz CT molecular complexity index is 577. The van der Waals surface area contributed by atoms with Gasteiger partial charge < -0.3 is 19.8 Å². The third kappa shape index (κ3) is 2.40. The summed E-state index contributed by atoms with van der Waals surface area (Å²) in [5.74, 6) is 0.457. The van der Waals surface area contributed by atoms with Crippen molar-refractivity contribution in [2.24, 2.45) is 0 Å². The number of β-amino-alcohol motifs (C(OH)–C–C–N with tert-alkyl or cyclic N) is 2. The minimum atomic E-state index is -0.884. The minimum Gasteiger partial charge on any atom is -0.488 e. The lowest BCUT2D eigenvalue weighted by molar-refractivity contribution is -0.127. The first kappa shape index (κ1) is 13.4. The van der Waals surface area contributed by atoms with Gasteiger partial charge in [0, 0.05) is 23.7 Å². The van der Waals surface area contributed by atoms with Crippen LogP contribution in [0.1, 0.15) is 5.56 Å². The number of aliphatic hydroxyl groups is 2. The third-order valence-corrected chi connectivity index (χ3v) is 3.74. The number of rotatable bonds is 1. The lowest BCUT2D eigenvalue weighted by Gasteiger charge is -2.22. The molecule has 2 heterocycles. The van der Waals surface area contributed by atoms with Gasteiger partial charge in [-0.15, -0.1) is 0 Å². The van der Waals surface area contributed by atoms with Crippen LogP contribution in [-0.4, -0.2) is 52.9 Å². The van der Waals surface area contributed by atoms with Crippen molar-refractivity contribution in [3.05, 3.63) is 34.4 Å². The Morgan fingerprint density at radius 1 is 1.30 bits per heavy atom. The van der Waals surface area contributed by atoms with Crippen LogP contribution in [0.25, 0.3) is 6.08 Å². The van der Waals surface area contributed by atoms with Crippen LogP contribution in [-0.2, 0) is 4.79 Å². The van der Waals surface area contributed by atoms with E-state index in [0.717, 1.165) is 5.56 Å². The maximum atomic E-state index is 12.3. The molecule has 0 radical (unpaired) electrons. The molecule has 2 unspecified atom stereocenters. The van der Waals surface area contributed by atoms with Crippen molar-refractivity contribution in [1.29, 1.82) is 0 Å². The number of amides is 1. The Kier molecular flexibility index (Phi) is 3.41. The SMILES string of the molecule is O=C(C1=Cc2cc(Cl)ccc2OC1)N1CC(O)C(O)C1. The van der Waals surface area contributed by atoms with E-state index in [1.807, 2.05) is 0 Å². The van der Waals surface area contributed by atoms with E-state index in [2.05, 4.69) is 0 Å². The molecule has 6 heteroatoms. The molecule has 3 rings (SSSR count). The number of aliphatic hydroxyl groups excluding tert-OH is 2. The molecule has 1 fully saturated rings. The molecule has 2 N–H and O–H groups in total. The van der Waals surface area contributed by atoms with E-state index in [1.165, 1.54) is 4.90 Å². The summed E-state index contributed by atoms with van der Waals surface area (Å²) in [5.41, 5.74) is 1.24. The van der Waals surface area contributed by atoms with Crippen molar-refractivity contribution in [3.63, 3.8) is 0 Å². The van der Waals surface area contributed by atoms with Crippen LogP contribution in [0.3, 0.4) is 0 Å². The fourth-order valence-electron chi connectivity index (χ4n) is 2.41. The number of hydrogen-bond acceptors (Lipinski definition) is 4. The standard InChI is InChI=1S/C14H14ClNO4/c15-10-1-2-13-8(4-10)3-9(7-20-13)14(19)16-5-11(17)12(18)6-16/h1-4,11-12,17-18H,5-7H2. The van der Waals surface area contributed by atoms with Crippen LogP contribution in [0.5, 0.6) is 5.75 Å². The Hall–Kier alpha value is -1.56. The molecule has 0 spiro atoms. The summed E-state index contributed by atoms with van der Waals surface area (Å²) >= 11 is 5.92. The summed E-state index contributed by atoms with van der Waals surface area (Å²) in [6.45, 7) is 0.454. The van der Waals surface area contributed by atoms with Gasteiger partial charge in [-0.1, -0.05) is 11.6 Å². The topological polar surface area (TPSA) is 70.0 Å². The number of carbonyl (C=O) groups excluding carboxylic acids is 1. The van der Waals surface area contributed by atoms with Crippen molar-refractivity contribution >= 4 is 23.6 Å². The molecule has 5 nitrogen and oxygen atoms in total. The van der Waals surface area contributed by atoms with Crippen molar-refractivity contribution < 1.29 is 19.7 Å². The van der Waals surface area contributed by atoms with E-state index < -0.39 is 12.2 Å². The third-order valence-electron chi connectivity index (χ3n) is 3.51. The Morgan fingerprint density at radius 2 is 2.00 bits per heavy atom. The second kappa shape index (κ2) is 5.09. The van der Waals surface area contributed by atoms with E-state index in [4.69, 9.17) is 16.3 Å². The van der Waals surface area contributed by atoms with Crippen molar-refractivity contribution in [2.75, 3.05) is 19.7 Å². The maximum absolute atomic E-state index is 12.3. The number of nitrogens with zero attached hydrogens (tertiary/aromatic N) is 1. The largest absolute Gasteiger partial charge is 0.488 e. The van der Waals surface area contributed by atoms with Gasteiger partial charge in [0.15, 0.2) is 0 Å².